The lowest BCUT2D eigenvalue weighted by Gasteiger charge is -2.32. The van der Waals surface area contributed by atoms with E-state index >= 15 is 0 Å². The smallest absolute Gasteiger partial charge is 0.179 e. The SMILES string of the molecule is C=C(C)C(O)OCC(COC(O)C(=C)CO)CC1CCC(c2ccc(-c3ccc(CCCCC)cc3)c(Cl)c2)CC1. The average Bonchev–Trinajstić information content (AvgIpc) is 2.98. The number of benzene rings is 2. The lowest BCUT2D eigenvalue weighted by molar-refractivity contribution is -0.121. The first-order valence-electron chi connectivity index (χ1n) is 15.1. The fourth-order valence-electron chi connectivity index (χ4n) is 5.63. The van der Waals surface area contributed by atoms with Crippen LogP contribution in [0.15, 0.2) is 66.8 Å². The Bertz CT molecular complexity index is 1090. The van der Waals surface area contributed by atoms with Crippen LogP contribution in [0.4, 0.5) is 0 Å². The summed E-state index contributed by atoms with van der Waals surface area (Å²) in [7, 11) is 0. The molecule has 1 fully saturated rings. The number of ether oxygens (including phenoxy) is 2. The number of hydrogen-bond acceptors (Lipinski definition) is 5. The Morgan fingerprint density at radius 3 is 2.20 bits per heavy atom. The first kappa shape index (κ1) is 33.5. The summed E-state index contributed by atoms with van der Waals surface area (Å²) in [5.74, 6) is 0.956. The van der Waals surface area contributed by atoms with Crippen molar-refractivity contribution in [2.75, 3.05) is 19.8 Å². The lowest BCUT2D eigenvalue weighted by atomic mass is 9.75. The number of unbranched alkanes of at least 4 members (excludes halogenated alkanes) is 2. The number of aliphatic hydroxyl groups is 3. The monoisotopic (exact) mass is 584 g/mol. The van der Waals surface area contributed by atoms with Gasteiger partial charge in [0.25, 0.3) is 0 Å². The summed E-state index contributed by atoms with van der Waals surface area (Å²) in [4.78, 5) is 0. The Morgan fingerprint density at radius 2 is 1.61 bits per heavy atom. The normalized spacial score (nSPS) is 19.5. The van der Waals surface area contributed by atoms with Gasteiger partial charge >= 0.3 is 0 Å². The summed E-state index contributed by atoms with van der Waals surface area (Å²) >= 11 is 6.80. The molecule has 3 unspecified atom stereocenters. The third-order valence-electron chi connectivity index (χ3n) is 8.27. The van der Waals surface area contributed by atoms with E-state index in [0.29, 0.717) is 24.0 Å². The second-order valence-corrected chi connectivity index (χ2v) is 12.2. The van der Waals surface area contributed by atoms with Gasteiger partial charge in [0.15, 0.2) is 12.6 Å². The van der Waals surface area contributed by atoms with Crippen molar-refractivity contribution in [2.45, 2.75) is 90.1 Å². The molecule has 0 aliphatic heterocycles. The molecule has 1 aliphatic carbocycles. The maximum Gasteiger partial charge on any atom is 0.179 e. The van der Waals surface area contributed by atoms with Gasteiger partial charge in [-0.25, -0.2) is 0 Å². The van der Waals surface area contributed by atoms with Crippen molar-refractivity contribution in [3.63, 3.8) is 0 Å². The highest BCUT2D eigenvalue weighted by molar-refractivity contribution is 6.33. The number of hydrogen-bond donors (Lipinski definition) is 3. The van der Waals surface area contributed by atoms with Crippen molar-refractivity contribution in [3.05, 3.63) is 82.9 Å². The zero-order valence-electron chi connectivity index (χ0n) is 24.9. The van der Waals surface area contributed by atoms with Crippen molar-refractivity contribution in [2.24, 2.45) is 11.8 Å². The summed E-state index contributed by atoms with van der Waals surface area (Å²) in [5.41, 5.74) is 5.68. The Hall–Kier alpha value is -1.99. The lowest BCUT2D eigenvalue weighted by Crippen LogP contribution is -2.28. The Balaban J connectivity index is 1.55. The van der Waals surface area contributed by atoms with Gasteiger partial charge in [-0.2, -0.15) is 0 Å². The highest BCUT2D eigenvalue weighted by Gasteiger charge is 2.26. The number of rotatable bonds is 17. The van der Waals surface area contributed by atoms with E-state index in [1.165, 1.54) is 30.4 Å². The summed E-state index contributed by atoms with van der Waals surface area (Å²) < 4.78 is 11.2. The highest BCUT2D eigenvalue weighted by atomic mass is 35.5. The van der Waals surface area contributed by atoms with Crippen LogP contribution in [0.2, 0.25) is 5.02 Å². The number of aliphatic hydroxyl groups excluding tert-OH is 3. The zero-order valence-corrected chi connectivity index (χ0v) is 25.6. The van der Waals surface area contributed by atoms with Gasteiger partial charge in [-0.15, -0.1) is 0 Å². The number of halogens is 1. The molecule has 0 saturated heterocycles. The van der Waals surface area contributed by atoms with E-state index in [4.69, 9.17) is 21.1 Å². The first-order chi connectivity index (χ1) is 19.7. The maximum atomic E-state index is 10.1. The third kappa shape index (κ3) is 10.7. The molecule has 3 atom stereocenters. The Morgan fingerprint density at radius 1 is 0.951 bits per heavy atom. The molecule has 0 amide bonds. The molecule has 1 saturated carbocycles. The van der Waals surface area contributed by atoms with Gasteiger partial charge in [0, 0.05) is 22.1 Å². The Kier molecular flexibility index (Phi) is 14.1. The quantitative estimate of drug-likeness (QED) is 0.100. The van der Waals surface area contributed by atoms with Gasteiger partial charge < -0.3 is 24.8 Å². The van der Waals surface area contributed by atoms with Crippen LogP contribution in [0, 0.1) is 11.8 Å². The molecule has 2 aromatic rings. The van der Waals surface area contributed by atoms with Gasteiger partial charge in [-0.05, 0) is 92.0 Å². The van der Waals surface area contributed by atoms with Crippen LogP contribution < -0.4 is 0 Å². The van der Waals surface area contributed by atoms with Gasteiger partial charge in [0.2, 0.25) is 0 Å². The topological polar surface area (TPSA) is 79.2 Å². The van der Waals surface area contributed by atoms with E-state index in [1.807, 2.05) is 0 Å². The van der Waals surface area contributed by atoms with E-state index < -0.39 is 12.6 Å². The van der Waals surface area contributed by atoms with Crippen LogP contribution in [0.5, 0.6) is 0 Å². The Labute approximate surface area is 251 Å². The predicted molar refractivity (Wildman–Crippen MR) is 168 cm³/mol. The molecule has 3 N–H and O–H groups in total. The van der Waals surface area contributed by atoms with Gasteiger partial charge in [-0.1, -0.05) is 80.9 Å². The average molecular weight is 585 g/mol. The largest absolute Gasteiger partial charge is 0.392 e. The highest BCUT2D eigenvalue weighted by Crippen LogP contribution is 2.40. The molecule has 226 valence electrons. The van der Waals surface area contributed by atoms with Crippen LogP contribution in [-0.2, 0) is 15.9 Å². The van der Waals surface area contributed by atoms with Crippen LogP contribution in [0.1, 0.15) is 82.3 Å². The van der Waals surface area contributed by atoms with Crippen molar-refractivity contribution < 1.29 is 24.8 Å². The van der Waals surface area contributed by atoms with Crippen molar-refractivity contribution >= 4 is 11.6 Å². The van der Waals surface area contributed by atoms with Crippen LogP contribution >= 0.6 is 11.6 Å². The molecule has 41 heavy (non-hydrogen) atoms. The molecular weight excluding hydrogens is 536 g/mol. The summed E-state index contributed by atoms with van der Waals surface area (Å²) in [6, 6.07) is 15.4. The van der Waals surface area contributed by atoms with Gasteiger partial charge in [-0.3, -0.25) is 0 Å². The van der Waals surface area contributed by atoms with Crippen LogP contribution in [0.3, 0.4) is 0 Å². The summed E-state index contributed by atoms with van der Waals surface area (Å²) in [6.45, 7) is 11.5. The molecule has 0 heterocycles. The minimum atomic E-state index is -1.22. The van der Waals surface area contributed by atoms with Gasteiger partial charge in [0.1, 0.15) is 0 Å². The maximum absolute atomic E-state index is 10.1. The molecule has 0 radical (unpaired) electrons. The second kappa shape index (κ2) is 17.2. The molecule has 2 aromatic carbocycles. The molecule has 6 heteroatoms. The zero-order chi connectivity index (χ0) is 29.8. The predicted octanol–water partition coefficient (Wildman–Crippen LogP) is 7.81. The third-order valence-corrected chi connectivity index (χ3v) is 8.58. The number of aryl methyl sites for hydroxylation is 1. The first-order valence-corrected chi connectivity index (χ1v) is 15.5. The summed E-state index contributed by atoms with van der Waals surface area (Å²) in [6.07, 6.45) is 7.81. The fraction of sp³-hybridized carbons (Fsp3) is 0.543. The molecule has 3 rings (SSSR count). The standard InChI is InChI=1S/C35H49ClO5/c1-5-6-7-8-26-9-15-30(16-10-26)32-18-17-31(20-33(32)36)29-13-11-27(12-14-29)19-28(22-40-34(38)24(2)3)23-41-35(39)25(4)21-37/h9-10,15-18,20,27-29,34-35,37-39H,2,4-8,11-14,19,21-23H2,1,3H3. The minimum Gasteiger partial charge on any atom is -0.392 e. The van der Waals surface area contributed by atoms with Crippen molar-refractivity contribution in [1.29, 1.82) is 0 Å². The van der Waals surface area contributed by atoms with E-state index in [2.05, 4.69) is 62.5 Å². The van der Waals surface area contributed by atoms with E-state index in [-0.39, 0.29) is 24.7 Å². The molecule has 1 aliphatic rings. The van der Waals surface area contributed by atoms with E-state index in [0.717, 1.165) is 54.7 Å². The summed E-state index contributed by atoms with van der Waals surface area (Å²) in [5, 5.41) is 30.1. The van der Waals surface area contributed by atoms with Crippen molar-refractivity contribution in [3.8, 4) is 11.1 Å². The molecular formula is C35H49ClO5. The second-order valence-electron chi connectivity index (χ2n) is 11.7. The van der Waals surface area contributed by atoms with Gasteiger partial charge in [0.05, 0.1) is 19.8 Å². The van der Waals surface area contributed by atoms with Crippen LogP contribution in [0.25, 0.3) is 11.1 Å². The molecule has 0 aromatic heterocycles. The minimum absolute atomic E-state index is 0.0153. The molecule has 0 spiro atoms. The van der Waals surface area contributed by atoms with Crippen LogP contribution in [-0.4, -0.2) is 47.7 Å². The molecule has 5 nitrogen and oxygen atoms in total. The van der Waals surface area contributed by atoms with Crippen molar-refractivity contribution in [1.82, 2.24) is 0 Å². The van der Waals surface area contributed by atoms with E-state index in [1.54, 1.807) is 6.92 Å². The van der Waals surface area contributed by atoms with E-state index in [9.17, 15) is 15.3 Å². The fourth-order valence-corrected chi connectivity index (χ4v) is 5.93. The molecule has 0 bridgehead atoms.